The highest BCUT2D eigenvalue weighted by Gasteiger charge is 2.64. The van der Waals surface area contributed by atoms with Gasteiger partial charge < -0.3 is 5.73 Å². The molecule has 2 aliphatic rings. The summed E-state index contributed by atoms with van der Waals surface area (Å²) in [5.41, 5.74) is 12.9. The summed E-state index contributed by atoms with van der Waals surface area (Å²) in [6, 6.07) is 0. The van der Waals surface area contributed by atoms with Crippen LogP contribution >= 0.6 is 11.5 Å². The smallest absolute Gasteiger partial charge is 0.283 e. The number of halogens is 1. The zero-order chi connectivity index (χ0) is 15.7. The molecule has 0 amide bonds. The minimum atomic E-state index is -0.916. The van der Waals surface area contributed by atoms with Crippen LogP contribution in [0.15, 0.2) is 0 Å². The van der Waals surface area contributed by atoms with Gasteiger partial charge in [-0.15, -0.1) is 10.9 Å². The molecule has 1 saturated carbocycles. The lowest BCUT2D eigenvalue weighted by Gasteiger charge is -2.45. The van der Waals surface area contributed by atoms with Crippen LogP contribution in [0, 0.1) is 0 Å². The summed E-state index contributed by atoms with van der Waals surface area (Å²) in [7, 11) is 10.6. The Balaban J connectivity index is 2.45. The maximum atomic E-state index is 12.8. The van der Waals surface area contributed by atoms with Crippen molar-refractivity contribution in [3.8, 4) is 0 Å². The number of carbonyl (C=O) groups excluding carboxylic acids is 1. The van der Waals surface area contributed by atoms with Crippen molar-refractivity contribution in [1.82, 2.24) is 0 Å². The number of Topliss-reactive ketones (excluding diaryl/α,β-unsaturated/α-hetero) is 1. The monoisotopic (exact) mass is 293 g/mol. The number of fused-ring (bicyclic) bond motifs is 3. The summed E-state index contributed by atoms with van der Waals surface area (Å²) < 4.78 is 0. The Morgan fingerprint density at radius 1 is 1.10 bits per heavy atom. The normalized spacial score (nSPS) is 31.1. The van der Waals surface area contributed by atoms with E-state index in [2.05, 4.69) is 39.2 Å². The van der Waals surface area contributed by atoms with Crippen LogP contribution in [-0.2, 0) is 10.3 Å². The molecule has 0 aromatic heterocycles. The average Bonchev–Trinajstić information content (AvgIpc) is 2.63. The van der Waals surface area contributed by atoms with Crippen molar-refractivity contribution in [2.75, 3.05) is 0 Å². The Bertz CT molecular complexity index is 682. The molecule has 1 fully saturated rings. The zero-order valence-electron chi connectivity index (χ0n) is 13.6. The number of rotatable bonds is 0. The predicted octanol–water partition coefficient (Wildman–Crippen LogP) is -6.59. The van der Waals surface area contributed by atoms with Crippen LogP contribution in [0.5, 0.6) is 0 Å². The molecule has 0 bridgehead atoms. The number of hydrogen-bond donors (Lipinski definition) is 1. The van der Waals surface area contributed by atoms with Crippen LogP contribution in [0.2, 0.25) is 5.21 Å². The van der Waals surface area contributed by atoms with E-state index in [1.54, 1.807) is 0 Å². The highest BCUT2D eigenvalue weighted by Crippen LogP contribution is 2.55. The van der Waals surface area contributed by atoms with Gasteiger partial charge in [0.1, 0.15) is 39.2 Å². The van der Waals surface area contributed by atoms with E-state index in [9.17, 15) is 4.79 Å². The average molecular weight is 293 g/mol. The van der Waals surface area contributed by atoms with Gasteiger partial charge >= 0.3 is 0 Å². The molecule has 102 valence electrons. The fourth-order valence-electron chi connectivity index (χ4n) is 4.57. The number of benzene rings is 1. The third kappa shape index (κ3) is 1.59. The molecular weight excluding hydrogens is 274 g/mol. The molecule has 2 atom stereocenters. The summed E-state index contributed by atoms with van der Waals surface area (Å²) >= 11 is 6.88. The van der Waals surface area contributed by atoms with E-state index >= 15 is 0 Å². The molecule has 0 saturated heterocycles. The quantitative estimate of drug-likeness (QED) is 0.483. The standard InChI is InChI=1S/C12H18B6ClNO/c13-6-5-10(9(16)8(15)7(6)14)18(19)11(17)3-1-2-4(21)12(5,11)20/h1-3,13-17,20H2. The van der Waals surface area contributed by atoms with E-state index < -0.39 is 5.54 Å². The predicted molar refractivity (Wildman–Crippen MR) is 106 cm³/mol. The van der Waals surface area contributed by atoms with Crippen molar-refractivity contribution in [2.24, 2.45) is 5.73 Å². The Morgan fingerprint density at radius 3 is 2.29 bits per heavy atom. The molecule has 3 rings (SSSR count). The van der Waals surface area contributed by atoms with Crippen molar-refractivity contribution in [3.63, 3.8) is 0 Å². The van der Waals surface area contributed by atoms with Gasteiger partial charge in [0, 0.05) is 6.42 Å². The molecule has 2 nitrogen and oxygen atoms in total. The van der Waals surface area contributed by atoms with Gasteiger partial charge in [0.15, 0.2) is 5.78 Å². The first-order valence-electron chi connectivity index (χ1n) is 7.75. The van der Waals surface area contributed by atoms with E-state index in [4.69, 9.17) is 17.2 Å². The van der Waals surface area contributed by atoms with Gasteiger partial charge in [-0.05, 0) is 17.2 Å². The van der Waals surface area contributed by atoms with Gasteiger partial charge in [-0.3, -0.25) is 4.79 Å². The molecule has 21 heavy (non-hydrogen) atoms. The van der Waals surface area contributed by atoms with Gasteiger partial charge in [-0.25, -0.2) is 0 Å². The lowest BCUT2D eigenvalue weighted by atomic mass is 9.34. The number of ketones is 1. The first-order chi connectivity index (χ1) is 9.68. The summed E-state index contributed by atoms with van der Waals surface area (Å²) in [6.07, 6.45) is 2.19. The third-order valence-electron chi connectivity index (χ3n) is 6.38. The second-order valence-corrected chi connectivity index (χ2v) is 7.59. The van der Waals surface area contributed by atoms with E-state index in [1.165, 1.54) is 16.4 Å². The number of hydrogen-bond acceptors (Lipinski definition) is 2. The lowest BCUT2D eigenvalue weighted by molar-refractivity contribution is -0.126. The molecular formula is C12H18B6ClNO. The maximum Gasteiger partial charge on any atom is 0.283 e. The second-order valence-electron chi connectivity index (χ2n) is 7.15. The first-order valence-corrected chi connectivity index (χ1v) is 8.18. The highest BCUT2D eigenvalue weighted by atomic mass is 35.5. The summed E-state index contributed by atoms with van der Waals surface area (Å²) in [5, 5.41) is -0.373. The molecule has 0 spiro atoms. The number of nitrogens with two attached hydrogens (primary N) is 1. The van der Waals surface area contributed by atoms with Crippen molar-refractivity contribution in [2.45, 2.75) is 30.0 Å². The van der Waals surface area contributed by atoms with Gasteiger partial charge in [-0.1, -0.05) is 22.8 Å². The van der Waals surface area contributed by atoms with Crippen molar-refractivity contribution >= 4 is 89.9 Å². The molecule has 1 aromatic carbocycles. The van der Waals surface area contributed by atoms with Gasteiger partial charge in [0.05, 0.1) is 5.54 Å². The zero-order valence-corrected chi connectivity index (χ0v) is 14.3. The minimum absolute atomic E-state index is 0.159. The largest absolute Gasteiger partial charge is 0.316 e. The summed E-state index contributed by atoms with van der Waals surface area (Å²) in [5.74, 6) is 0.159. The van der Waals surface area contributed by atoms with E-state index in [1.807, 2.05) is 0 Å². The fourth-order valence-corrected chi connectivity index (χ4v) is 5.12. The third-order valence-corrected chi connectivity index (χ3v) is 7.08. The van der Waals surface area contributed by atoms with Crippen LogP contribution in [-0.4, -0.2) is 51.1 Å². The molecule has 1 aliphatic carbocycles. The number of carbonyl (C=O) groups is 1. The SMILES string of the molecule is Bc1c(B)c(B)c2c(c1B)B(Cl)C1(B)CCCC(=O)C21N. The van der Waals surface area contributed by atoms with Crippen LogP contribution in [0.1, 0.15) is 24.8 Å². The molecule has 1 aromatic rings. The van der Waals surface area contributed by atoms with Gasteiger partial charge in [0.2, 0.25) is 0 Å². The lowest BCUT2D eigenvalue weighted by Crippen LogP contribution is -2.61. The topological polar surface area (TPSA) is 43.1 Å². The van der Waals surface area contributed by atoms with E-state index in [0.29, 0.717) is 6.42 Å². The van der Waals surface area contributed by atoms with E-state index in [0.717, 1.165) is 29.3 Å². The van der Waals surface area contributed by atoms with Crippen LogP contribution in [0.3, 0.4) is 0 Å². The molecule has 0 radical (unpaired) electrons. The van der Waals surface area contributed by atoms with Crippen molar-refractivity contribution < 1.29 is 4.79 Å². The van der Waals surface area contributed by atoms with Crippen LogP contribution in [0.4, 0.5) is 0 Å². The molecule has 1 aliphatic heterocycles. The van der Waals surface area contributed by atoms with Gasteiger partial charge in [0.25, 0.3) is 6.13 Å². The Kier molecular flexibility index (Phi) is 3.32. The molecule has 1 heterocycles. The Hall–Kier alpha value is -0.470. The minimum Gasteiger partial charge on any atom is -0.316 e. The molecule has 9 heteroatoms. The van der Waals surface area contributed by atoms with Gasteiger partial charge in [-0.2, -0.15) is 11.5 Å². The van der Waals surface area contributed by atoms with Crippen LogP contribution < -0.4 is 33.0 Å². The van der Waals surface area contributed by atoms with Crippen molar-refractivity contribution in [1.29, 1.82) is 0 Å². The van der Waals surface area contributed by atoms with Crippen LogP contribution in [0.25, 0.3) is 0 Å². The first kappa shape index (κ1) is 15.4. The fraction of sp³-hybridized carbons (Fsp3) is 0.417. The summed E-state index contributed by atoms with van der Waals surface area (Å²) in [6.45, 7) is 0. The maximum absolute atomic E-state index is 12.8. The second kappa shape index (κ2) is 4.52. The Labute approximate surface area is 136 Å². The molecule has 2 N–H and O–H groups in total. The highest BCUT2D eigenvalue weighted by molar-refractivity contribution is 7.20. The van der Waals surface area contributed by atoms with E-state index in [-0.39, 0.29) is 17.1 Å². The Morgan fingerprint density at radius 2 is 1.67 bits per heavy atom. The molecule has 2 unspecified atom stereocenters. The van der Waals surface area contributed by atoms with Crippen molar-refractivity contribution in [3.05, 3.63) is 5.56 Å². The summed E-state index contributed by atoms with van der Waals surface area (Å²) in [4.78, 5) is 12.8.